The Hall–Kier alpha value is -1.82. The minimum absolute atomic E-state index is 0.0301. The van der Waals surface area contributed by atoms with Gasteiger partial charge in [-0.2, -0.15) is 0 Å². The lowest BCUT2D eigenvalue weighted by molar-refractivity contribution is 0.340. The molecule has 0 bridgehead atoms. The first-order chi connectivity index (χ1) is 9.46. The predicted molar refractivity (Wildman–Crippen MR) is 76.5 cm³/mol. The lowest BCUT2D eigenvalue weighted by atomic mass is 10.2. The van der Waals surface area contributed by atoms with E-state index in [1.165, 1.54) is 16.4 Å². The molecule has 1 aromatic carbocycles. The topological polar surface area (TPSA) is 61.2 Å². The molecule has 20 heavy (non-hydrogen) atoms. The average molecular weight is 294 g/mol. The van der Waals surface area contributed by atoms with Crippen LogP contribution in [-0.4, -0.2) is 24.0 Å². The van der Waals surface area contributed by atoms with E-state index in [2.05, 4.69) is 4.98 Å². The van der Waals surface area contributed by atoms with E-state index in [4.69, 9.17) is 4.74 Å². The first-order valence-electron chi connectivity index (χ1n) is 6.48. The third kappa shape index (κ3) is 2.70. The van der Waals surface area contributed by atoms with Crippen molar-refractivity contribution >= 4 is 10.0 Å². The largest absolute Gasteiger partial charge is 0.494 e. The van der Waals surface area contributed by atoms with Gasteiger partial charge in [0, 0.05) is 18.3 Å². The van der Waals surface area contributed by atoms with Crippen LogP contribution < -0.4 is 4.74 Å². The van der Waals surface area contributed by atoms with Gasteiger partial charge in [0.1, 0.15) is 11.6 Å². The highest BCUT2D eigenvalue weighted by Crippen LogP contribution is 2.22. The molecule has 2 rings (SSSR count). The van der Waals surface area contributed by atoms with Crippen molar-refractivity contribution in [2.24, 2.45) is 0 Å². The molecule has 0 saturated carbocycles. The molecule has 0 radical (unpaired) electrons. The van der Waals surface area contributed by atoms with E-state index in [0.29, 0.717) is 18.2 Å². The maximum atomic E-state index is 12.6. The Morgan fingerprint density at radius 3 is 2.45 bits per heavy atom. The summed E-state index contributed by atoms with van der Waals surface area (Å²) in [6, 6.07) is 6.40. The number of hydrogen-bond donors (Lipinski definition) is 0. The van der Waals surface area contributed by atoms with Gasteiger partial charge in [-0.15, -0.1) is 0 Å². The zero-order valence-corrected chi connectivity index (χ0v) is 12.6. The summed E-state index contributed by atoms with van der Waals surface area (Å²) < 4.78 is 31.7. The standard InChI is InChI=1S/C14H18N2O3S/c1-4-19-12-5-7-13(8-6-12)20(17,18)16-10-9-15-14(16)11(2)3/h5-11H,4H2,1-3H3. The Kier molecular flexibility index (Phi) is 4.13. The molecule has 0 aliphatic rings. The average Bonchev–Trinajstić information content (AvgIpc) is 2.90. The Labute approximate surface area is 119 Å². The van der Waals surface area contributed by atoms with E-state index < -0.39 is 10.0 Å². The fourth-order valence-electron chi connectivity index (χ4n) is 1.90. The van der Waals surface area contributed by atoms with Crippen molar-refractivity contribution in [3.8, 4) is 5.75 Å². The third-order valence-corrected chi connectivity index (χ3v) is 4.54. The number of nitrogens with zero attached hydrogens (tertiary/aromatic N) is 2. The van der Waals surface area contributed by atoms with E-state index in [0.717, 1.165) is 0 Å². The Balaban J connectivity index is 2.42. The Morgan fingerprint density at radius 2 is 1.90 bits per heavy atom. The first-order valence-corrected chi connectivity index (χ1v) is 7.92. The number of aromatic nitrogens is 2. The minimum atomic E-state index is -3.60. The van der Waals surface area contributed by atoms with Crippen LogP contribution in [0.15, 0.2) is 41.6 Å². The lowest BCUT2D eigenvalue weighted by Crippen LogP contribution is -2.16. The fourth-order valence-corrected chi connectivity index (χ4v) is 3.32. The van der Waals surface area contributed by atoms with Gasteiger partial charge >= 0.3 is 0 Å². The van der Waals surface area contributed by atoms with Crippen molar-refractivity contribution in [3.63, 3.8) is 0 Å². The summed E-state index contributed by atoms with van der Waals surface area (Å²) in [5.41, 5.74) is 0. The predicted octanol–water partition coefficient (Wildman–Crippen LogP) is 2.64. The van der Waals surface area contributed by atoms with Crippen LogP contribution in [0.1, 0.15) is 32.5 Å². The van der Waals surface area contributed by atoms with Gasteiger partial charge in [-0.1, -0.05) is 13.8 Å². The van der Waals surface area contributed by atoms with Gasteiger partial charge in [0.25, 0.3) is 10.0 Å². The maximum absolute atomic E-state index is 12.6. The number of ether oxygens (including phenoxy) is 1. The summed E-state index contributed by atoms with van der Waals surface area (Å²) in [5.74, 6) is 1.21. The van der Waals surface area contributed by atoms with Crippen molar-refractivity contribution in [1.82, 2.24) is 8.96 Å². The van der Waals surface area contributed by atoms with Crippen molar-refractivity contribution in [2.75, 3.05) is 6.61 Å². The molecule has 0 spiro atoms. The fraction of sp³-hybridized carbons (Fsp3) is 0.357. The molecule has 6 heteroatoms. The molecule has 0 amide bonds. The number of rotatable bonds is 5. The maximum Gasteiger partial charge on any atom is 0.269 e. The van der Waals surface area contributed by atoms with Crippen molar-refractivity contribution in [2.45, 2.75) is 31.6 Å². The molecule has 0 saturated heterocycles. The summed E-state index contributed by atoms with van der Waals surface area (Å²) in [4.78, 5) is 4.34. The van der Waals surface area contributed by atoms with Crippen LogP contribution in [-0.2, 0) is 10.0 Å². The number of imidazole rings is 1. The second-order valence-corrected chi connectivity index (χ2v) is 6.46. The second kappa shape index (κ2) is 5.66. The van der Waals surface area contributed by atoms with Gasteiger partial charge in [-0.05, 0) is 31.2 Å². The van der Waals surface area contributed by atoms with Gasteiger partial charge in [-0.3, -0.25) is 0 Å². The molecular weight excluding hydrogens is 276 g/mol. The highest BCUT2D eigenvalue weighted by Gasteiger charge is 2.21. The SMILES string of the molecule is CCOc1ccc(S(=O)(=O)n2ccnc2C(C)C)cc1. The number of hydrogen-bond acceptors (Lipinski definition) is 4. The zero-order chi connectivity index (χ0) is 14.8. The molecule has 0 unspecified atom stereocenters. The quantitative estimate of drug-likeness (QED) is 0.850. The first kappa shape index (κ1) is 14.6. The molecule has 0 N–H and O–H groups in total. The third-order valence-electron chi connectivity index (χ3n) is 2.84. The van der Waals surface area contributed by atoms with Crippen LogP contribution in [0.25, 0.3) is 0 Å². The normalized spacial score (nSPS) is 11.8. The van der Waals surface area contributed by atoms with E-state index in [-0.39, 0.29) is 10.8 Å². The number of benzene rings is 1. The smallest absolute Gasteiger partial charge is 0.269 e. The molecule has 1 aromatic heterocycles. The van der Waals surface area contributed by atoms with Crippen molar-refractivity contribution in [3.05, 3.63) is 42.5 Å². The zero-order valence-electron chi connectivity index (χ0n) is 11.8. The van der Waals surface area contributed by atoms with Crippen LogP contribution >= 0.6 is 0 Å². The van der Waals surface area contributed by atoms with E-state index in [1.54, 1.807) is 24.3 Å². The molecule has 0 aliphatic carbocycles. The molecule has 0 atom stereocenters. The summed E-state index contributed by atoms with van der Waals surface area (Å²) in [5, 5.41) is 0. The Morgan fingerprint density at radius 1 is 1.25 bits per heavy atom. The van der Waals surface area contributed by atoms with Gasteiger partial charge in [-0.25, -0.2) is 17.4 Å². The monoisotopic (exact) mass is 294 g/mol. The molecule has 108 valence electrons. The molecule has 1 heterocycles. The molecule has 5 nitrogen and oxygen atoms in total. The molecule has 2 aromatic rings. The summed E-state index contributed by atoms with van der Waals surface area (Å²) in [6.07, 6.45) is 2.97. The molecule has 0 fully saturated rings. The summed E-state index contributed by atoms with van der Waals surface area (Å²) in [7, 11) is -3.60. The van der Waals surface area contributed by atoms with Crippen molar-refractivity contribution < 1.29 is 13.2 Å². The van der Waals surface area contributed by atoms with Gasteiger partial charge < -0.3 is 4.74 Å². The summed E-state index contributed by atoms with van der Waals surface area (Å²) in [6.45, 7) is 6.25. The van der Waals surface area contributed by atoms with Crippen LogP contribution in [0.2, 0.25) is 0 Å². The van der Waals surface area contributed by atoms with E-state index in [9.17, 15) is 8.42 Å². The minimum Gasteiger partial charge on any atom is -0.494 e. The second-order valence-electron chi connectivity index (χ2n) is 4.65. The van der Waals surface area contributed by atoms with Gasteiger partial charge in [0.05, 0.1) is 11.5 Å². The van der Waals surface area contributed by atoms with Crippen LogP contribution in [0, 0.1) is 0 Å². The van der Waals surface area contributed by atoms with Gasteiger partial charge in [0.2, 0.25) is 0 Å². The van der Waals surface area contributed by atoms with Crippen LogP contribution in [0.5, 0.6) is 5.75 Å². The molecular formula is C14H18N2O3S. The van der Waals surface area contributed by atoms with Gasteiger partial charge in [0.15, 0.2) is 0 Å². The highest BCUT2D eigenvalue weighted by atomic mass is 32.2. The summed E-state index contributed by atoms with van der Waals surface area (Å²) >= 11 is 0. The van der Waals surface area contributed by atoms with Crippen LogP contribution in [0.4, 0.5) is 0 Å². The van der Waals surface area contributed by atoms with E-state index >= 15 is 0 Å². The van der Waals surface area contributed by atoms with Crippen LogP contribution in [0.3, 0.4) is 0 Å². The lowest BCUT2D eigenvalue weighted by Gasteiger charge is -2.11. The highest BCUT2D eigenvalue weighted by molar-refractivity contribution is 7.90. The Bertz CT molecular complexity index is 673. The van der Waals surface area contributed by atoms with E-state index in [1.807, 2.05) is 20.8 Å². The van der Waals surface area contributed by atoms with Crippen molar-refractivity contribution in [1.29, 1.82) is 0 Å². The molecule has 0 aliphatic heterocycles.